The molecule has 0 aromatic carbocycles. The molecule has 0 amide bonds. The largest absolute Gasteiger partial charge is 0.382 e. The Morgan fingerprint density at radius 3 is 2.00 bits per heavy atom. The van der Waals surface area contributed by atoms with Crippen molar-refractivity contribution in [3.8, 4) is 0 Å². The lowest BCUT2D eigenvalue weighted by Gasteiger charge is -2.41. The highest BCUT2D eigenvalue weighted by Crippen LogP contribution is 2.36. The van der Waals surface area contributed by atoms with E-state index in [0.717, 1.165) is 32.7 Å². The molecular formula is C13H28O2. The Balaban J connectivity index is 4.14. The minimum absolute atomic E-state index is 0.0832. The van der Waals surface area contributed by atoms with Crippen molar-refractivity contribution in [2.75, 3.05) is 19.8 Å². The topological polar surface area (TPSA) is 18.5 Å². The molecule has 0 aliphatic rings. The van der Waals surface area contributed by atoms with E-state index in [1.54, 1.807) is 0 Å². The first-order valence-electron chi connectivity index (χ1n) is 6.09. The van der Waals surface area contributed by atoms with Crippen molar-refractivity contribution in [3.63, 3.8) is 0 Å². The summed E-state index contributed by atoms with van der Waals surface area (Å²) >= 11 is 0. The fourth-order valence-electron chi connectivity index (χ4n) is 1.33. The van der Waals surface area contributed by atoms with Gasteiger partial charge < -0.3 is 9.47 Å². The molecule has 0 heterocycles. The lowest BCUT2D eigenvalue weighted by Crippen LogP contribution is -2.42. The molecule has 0 bridgehead atoms. The quantitative estimate of drug-likeness (QED) is 0.577. The highest BCUT2D eigenvalue weighted by atomic mass is 16.5. The van der Waals surface area contributed by atoms with Crippen molar-refractivity contribution in [3.05, 3.63) is 0 Å². The van der Waals surface area contributed by atoms with Crippen molar-refractivity contribution in [2.45, 2.75) is 60.0 Å². The molecule has 0 aliphatic carbocycles. The van der Waals surface area contributed by atoms with Crippen molar-refractivity contribution >= 4 is 0 Å². The van der Waals surface area contributed by atoms with Gasteiger partial charge in [0.25, 0.3) is 0 Å². The zero-order valence-corrected chi connectivity index (χ0v) is 11.4. The van der Waals surface area contributed by atoms with Crippen LogP contribution in [0.2, 0.25) is 0 Å². The Labute approximate surface area is 95.3 Å². The van der Waals surface area contributed by atoms with Crippen LogP contribution in [0.1, 0.15) is 54.4 Å². The Morgan fingerprint density at radius 2 is 1.53 bits per heavy atom. The molecule has 15 heavy (non-hydrogen) atoms. The minimum Gasteiger partial charge on any atom is -0.382 e. The molecule has 0 fully saturated rings. The van der Waals surface area contributed by atoms with Gasteiger partial charge in [0.05, 0.1) is 5.60 Å². The van der Waals surface area contributed by atoms with Gasteiger partial charge in [-0.3, -0.25) is 0 Å². The van der Waals surface area contributed by atoms with Gasteiger partial charge in [-0.2, -0.15) is 0 Å². The highest BCUT2D eigenvalue weighted by Gasteiger charge is 2.37. The van der Waals surface area contributed by atoms with Crippen LogP contribution in [0.5, 0.6) is 0 Å². The van der Waals surface area contributed by atoms with E-state index in [1.807, 2.05) is 6.92 Å². The molecule has 2 nitrogen and oxygen atoms in total. The van der Waals surface area contributed by atoms with E-state index in [2.05, 4.69) is 34.6 Å². The monoisotopic (exact) mass is 216 g/mol. The number of rotatable bonds is 8. The number of hydrogen-bond donors (Lipinski definition) is 0. The summed E-state index contributed by atoms with van der Waals surface area (Å²) in [5.74, 6) is 0. The van der Waals surface area contributed by atoms with Gasteiger partial charge in [0.1, 0.15) is 0 Å². The van der Waals surface area contributed by atoms with E-state index in [0.29, 0.717) is 0 Å². The van der Waals surface area contributed by atoms with E-state index in [9.17, 15) is 0 Å². The SMILES string of the molecule is CCCOC(C)(C)C(C)(C)CCOCC. The molecule has 0 saturated heterocycles. The molecule has 0 radical (unpaired) electrons. The maximum absolute atomic E-state index is 5.92. The zero-order valence-electron chi connectivity index (χ0n) is 11.4. The van der Waals surface area contributed by atoms with Gasteiger partial charge in [-0.05, 0) is 39.0 Å². The molecule has 0 aromatic rings. The standard InChI is InChI=1S/C13H28O2/c1-7-10-15-13(5,6)12(3,4)9-11-14-8-2/h7-11H2,1-6H3. The Bertz CT molecular complexity index is 162. The molecule has 0 unspecified atom stereocenters. The molecule has 2 heteroatoms. The normalized spacial score (nSPS) is 13.2. The minimum atomic E-state index is -0.0832. The predicted molar refractivity (Wildman–Crippen MR) is 65.2 cm³/mol. The molecule has 0 saturated carbocycles. The van der Waals surface area contributed by atoms with Crippen molar-refractivity contribution < 1.29 is 9.47 Å². The number of hydrogen-bond acceptors (Lipinski definition) is 2. The van der Waals surface area contributed by atoms with E-state index < -0.39 is 0 Å². The van der Waals surface area contributed by atoms with Crippen LogP contribution in [0, 0.1) is 5.41 Å². The molecule has 0 atom stereocenters. The summed E-state index contributed by atoms with van der Waals surface area (Å²) in [6.07, 6.45) is 2.11. The zero-order chi connectivity index (χ0) is 11.9. The van der Waals surface area contributed by atoms with Crippen molar-refractivity contribution in [1.29, 1.82) is 0 Å². The summed E-state index contributed by atoms with van der Waals surface area (Å²) < 4.78 is 11.3. The summed E-state index contributed by atoms with van der Waals surface area (Å²) in [6.45, 7) is 15.5. The van der Waals surface area contributed by atoms with Crippen LogP contribution in [0.3, 0.4) is 0 Å². The van der Waals surface area contributed by atoms with Gasteiger partial charge >= 0.3 is 0 Å². The lowest BCUT2D eigenvalue weighted by atomic mass is 9.74. The first-order valence-corrected chi connectivity index (χ1v) is 6.09. The van der Waals surface area contributed by atoms with Crippen LogP contribution in [-0.2, 0) is 9.47 Å². The fraction of sp³-hybridized carbons (Fsp3) is 1.00. The second-order valence-corrected chi connectivity index (χ2v) is 5.19. The Kier molecular flexibility index (Phi) is 6.46. The summed E-state index contributed by atoms with van der Waals surface area (Å²) in [6, 6.07) is 0. The number of ether oxygens (including phenoxy) is 2. The van der Waals surface area contributed by atoms with Gasteiger partial charge in [-0.1, -0.05) is 20.8 Å². The third kappa shape index (κ3) is 4.98. The second kappa shape index (κ2) is 6.49. The highest BCUT2D eigenvalue weighted by molar-refractivity contribution is 4.87. The van der Waals surface area contributed by atoms with Gasteiger partial charge in [-0.25, -0.2) is 0 Å². The fourth-order valence-corrected chi connectivity index (χ4v) is 1.33. The smallest absolute Gasteiger partial charge is 0.0678 e. The van der Waals surface area contributed by atoms with Crippen molar-refractivity contribution in [1.82, 2.24) is 0 Å². The first kappa shape index (κ1) is 14.9. The molecule has 0 aliphatic heterocycles. The van der Waals surface area contributed by atoms with Crippen LogP contribution in [0.25, 0.3) is 0 Å². The van der Waals surface area contributed by atoms with Gasteiger partial charge in [0.15, 0.2) is 0 Å². The van der Waals surface area contributed by atoms with Gasteiger partial charge in [0.2, 0.25) is 0 Å². The molecule has 0 N–H and O–H groups in total. The molecule has 0 aromatic heterocycles. The van der Waals surface area contributed by atoms with E-state index in [4.69, 9.17) is 9.47 Å². The third-order valence-electron chi connectivity index (χ3n) is 3.37. The lowest BCUT2D eigenvalue weighted by molar-refractivity contribution is -0.106. The summed E-state index contributed by atoms with van der Waals surface area (Å²) in [5.41, 5.74) is 0.0669. The van der Waals surface area contributed by atoms with E-state index in [1.165, 1.54) is 0 Å². The molecule has 92 valence electrons. The average molecular weight is 216 g/mol. The summed E-state index contributed by atoms with van der Waals surface area (Å²) in [7, 11) is 0. The van der Waals surface area contributed by atoms with E-state index >= 15 is 0 Å². The Morgan fingerprint density at radius 1 is 0.933 bits per heavy atom. The first-order chi connectivity index (χ1) is 6.87. The summed E-state index contributed by atoms with van der Waals surface area (Å²) in [5, 5.41) is 0. The van der Waals surface area contributed by atoms with Crippen LogP contribution in [0.4, 0.5) is 0 Å². The third-order valence-corrected chi connectivity index (χ3v) is 3.37. The van der Waals surface area contributed by atoms with Crippen LogP contribution < -0.4 is 0 Å². The second-order valence-electron chi connectivity index (χ2n) is 5.19. The maximum atomic E-state index is 5.92. The predicted octanol–water partition coefficient (Wildman–Crippen LogP) is 3.64. The van der Waals surface area contributed by atoms with Crippen LogP contribution in [-0.4, -0.2) is 25.4 Å². The van der Waals surface area contributed by atoms with Gasteiger partial charge in [0, 0.05) is 19.8 Å². The average Bonchev–Trinajstić information content (AvgIpc) is 2.15. The Hall–Kier alpha value is -0.0800. The van der Waals surface area contributed by atoms with Crippen LogP contribution in [0.15, 0.2) is 0 Å². The molecule has 0 rings (SSSR count). The van der Waals surface area contributed by atoms with Crippen LogP contribution >= 0.6 is 0 Å². The van der Waals surface area contributed by atoms with E-state index in [-0.39, 0.29) is 11.0 Å². The molecule has 0 spiro atoms. The van der Waals surface area contributed by atoms with Gasteiger partial charge in [-0.15, -0.1) is 0 Å². The maximum Gasteiger partial charge on any atom is 0.0678 e. The summed E-state index contributed by atoms with van der Waals surface area (Å²) in [4.78, 5) is 0. The van der Waals surface area contributed by atoms with Crippen molar-refractivity contribution in [2.24, 2.45) is 5.41 Å². The molecular weight excluding hydrogens is 188 g/mol.